The number of ether oxygens (including phenoxy) is 1. The minimum atomic E-state index is 0. The standard InChI is InChI=1S/C15H22N2O2.ClH/c1-11(2)19-10-12-3-5-14(6-4-12)17-15(18)13-7-8-16-9-13;/h3-6,11,13,16H,7-10H2,1-2H3,(H,17,18);1H. The van der Waals surface area contributed by atoms with Crippen molar-refractivity contribution in [3.05, 3.63) is 29.8 Å². The summed E-state index contributed by atoms with van der Waals surface area (Å²) >= 11 is 0. The molecule has 112 valence electrons. The lowest BCUT2D eigenvalue weighted by molar-refractivity contribution is -0.119. The molecule has 0 bridgehead atoms. The van der Waals surface area contributed by atoms with E-state index in [0.29, 0.717) is 6.61 Å². The van der Waals surface area contributed by atoms with Gasteiger partial charge in [-0.15, -0.1) is 12.4 Å². The quantitative estimate of drug-likeness (QED) is 0.878. The van der Waals surface area contributed by atoms with Crippen molar-refractivity contribution >= 4 is 24.0 Å². The van der Waals surface area contributed by atoms with E-state index in [9.17, 15) is 4.79 Å². The summed E-state index contributed by atoms with van der Waals surface area (Å²) < 4.78 is 5.53. The van der Waals surface area contributed by atoms with Crippen LogP contribution in [0.1, 0.15) is 25.8 Å². The van der Waals surface area contributed by atoms with Crippen LogP contribution < -0.4 is 10.6 Å². The number of rotatable bonds is 5. The predicted molar refractivity (Wildman–Crippen MR) is 83.2 cm³/mol. The Balaban J connectivity index is 0.00000200. The number of benzene rings is 1. The van der Waals surface area contributed by atoms with E-state index in [1.165, 1.54) is 0 Å². The van der Waals surface area contributed by atoms with Crippen LogP contribution in [0.5, 0.6) is 0 Å². The van der Waals surface area contributed by atoms with E-state index < -0.39 is 0 Å². The maximum absolute atomic E-state index is 11.9. The highest BCUT2D eigenvalue weighted by molar-refractivity contribution is 5.92. The van der Waals surface area contributed by atoms with E-state index in [1.807, 2.05) is 38.1 Å². The highest BCUT2D eigenvalue weighted by Crippen LogP contribution is 2.14. The monoisotopic (exact) mass is 298 g/mol. The molecule has 1 unspecified atom stereocenters. The van der Waals surface area contributed by atoms with Gasteiger partial charge in [-0.05, 0) is 44.5 Å². The van der Waals surface area contributed by atoms with Crippen molar-refractivity contribution in [2.75, 3.05) is 18.4 Å². The first-order chi connectivity index (χ1) is 9.15. The van der Waals surface area contributed by atoms with Gasteiger partial charge in [0.1, 0.15) is 0 Å². The minimum Gasteiger partial charge on any atom is -0.374 e. The number of nitrogens with one attached hydrogen (secondary N) is 2. The van der Waals surface area contributed by atoms with Gasteiger partial charge < -0.3 is 15.4 Å². The van der Waals surface area contributed by atoms with Gasteiger partial charge in [0, 0.05) is 12.2 Å². The fourth-order valence-corrected chi connectivity index (χ4v) is 2.07. The Bertz CT molecular complexity index is 414. The first-order valence-corrected chi connectivity index (χ1v) is 6.87. The zero-order valence-electron chi connectivity index (χ0n) is 12.0. The number of hydrogen-bond acceptors (Lipinski definition) is 3. The van der Waals surface area contributed by atoms with Crippen LogP contribution in [0.2, 0.25) is 0 Å². The first kappa shape index (κ1) is 17.0. The van der Waals surface area contributed by atoms with Crippen LogP contribution in [0.4, 0.5) is 5.69 Å². The molecule has 0 aromatic heterocycles. The number of carbonyl (C=O) groups excluding carboxylic acids is 1. The lowest BCUT2D eigenvalue weighted by Gasteiger charge is -2.11. The van der Waals surface area contributed by atoms with Gasteiger partial charge in [0.15, 0.2) is 0 Å². The second kappa shape index (κ2) is 8.25. The number of carbonyl (C=O) groups is 1. The van der Waals surface area contributed by atoms with Gasteiger partial charge in [-0.2, -0.15) is 0 Å². The Hall–Kier alpha value is -1.10. The largest absolute Gasteiger partial charge is 0.374 e. The van der Waals surface area contributed by atoms with Gasteiger partial charge in [-0.25, -0.2) is 0 Å². The fraction of sp³-hybridized carbons (Fsp3) is 0.533. The lowest BCUT2D eigenvalue weighted by Crippen LogP contribution is -2.24. The van der Waals surface area contributed by atoms with Crippen LogP contribution >= 0.6 is 12.4 Å². The summed E-state index contributed by atoms with van der Waals surface area (Å²) in [4.78, 5) is 11.9. The molecule has 1 heterocycles. The van der Waals surface area contributed by atoms with Crippen LogP contribution in [0.15, 0.2) is 24.3 Å². The minimum absolute atomic E-state index is 0. The maximum atomic E-state index is 11.9. The first-order valence-electron chi connectivity index (χ1n) is 6.87. The van der Waals surface area contributed by atoms with Gasteiger partial charge in [0.25, 0.3) is 0 Å². The van der Waals surface area contributed by atoms with E-state index in [1.54, 1.807) is 0 Å². The summed E-state index contributed by atoms with van der Waals surface area (Å²) in [5, 5.41) is 6.15. The molecule has 1 saturated heterocycles. The Morgan fingerprint density at radius 1 is 1.40 bits per heavy atom. The highest BCUT2D eigenvalue weighted by atomic mass is 35.5. The molecule has 4 nitrogen and oxygen atoms in total. The van der Waals surface area contributed by atoms with Crippen molar-refractivity contribution in [1.29, 1.82) is 0 Å². The molecule has 1 aromatic carbocycles. The van der Waals surface area contributed by atoms with Crippen molar-refractivity contribution < 1.29 is 9.53 Å². The number of hydrogen-bond donors (Lipinski definition) is 2. The van der Waals surface area contributed by atoms with Crippen molar-refractivity contribution in [3.8, 4) is 0 Å². The summed E-state index contributed by atoms with van der Waals surface area (Å²) in [5.74, 6) is 0.208. The van der Waals surface area contributed by atoms with Gasteiger partial charge in [-0.1, -0.05) is 12.1 Å². The third kappa shape index (κ3) is 5.12. The highest BCUT2D eigenvalue weighted by Gasteiger charge is 2.22. The van der Waals surface area contributed by atoms with Gasteiger partial charge in [0.2, 0.25) is 5.91 Å². The summed E-state index contributed by atoms with van der Waals surface area (Å²) in [5.41, 5.74) is 1.97. The molecular weight excluding hydrogens is 276 g/mol. The molecule has 1 amide bonds. The summed E-state index contributed by atoms with van der Waals surface area (Å²) in [6.07, 6.45) is 1.15. The molecule has 1 aliphatic heterocycles. The molecule has 0 saturated carbocycles. The number of halogens is 1. The zero-order chi connectivity index (χ0) is 13.7. The molecule has 0 radical (unpaired) electrons. The molecule has 5 heteroatoms. The van der Waals surface area contributed by atoms with Crippen LogP contribution in [0.25, 0.3) is 0 Å². The Kier molecular flexibility index (Phi) is 6.99. The summed E-state index contributed by atoms with van der Waals surface area (Å²) in [6.45, 7) is 6.36. The third-order valence-corrected chi connectivity index (χ3v) is 3.24. The molecule has 0 spiro atoms. The van der Waals surface area contributed by atoms with Gasteiger partial charge in [0.05, 0.1) is 18.6 Å². The molecule has 1 atom stereocenters. The molecule has 20 heavy (non-hydrogen) atoms. The van der Waals surface area contributed by atoms with Crippen molar-refractivity contribution in [3.63, 3.8) is 0 Å². The third-order valence-electron chi connectivity index (χ3n) is 3.24. The van der Waals surface area contributed by atoms with E-state index in [4.69, 9.17) is 4.74 Å². The van der Waals surface area contributed by atoms with E-state index in [0.717, 1.165) is 30.8 Å². The number of amides is 1. The predicted octanol–water partition coefficient (Wildman–Crippen LogP) is 2.58. The average molecular weight is 299 g/mol. The van der Waals surface area contributed by atoms with Gasteiger partial charge >= 0.3 is 0 Å². The molecule has 0 aliphatic carbocycles. The normalized spacial score (nSPS) is 17.9. The second-order valence-electron chi connectivity index (χ2n) is 5.24. The SMILES string of the molecule is CC(C)OCc1ccc(NC(=O)C2CCNC2)cc1.Cl. The van der Waals surface area contributed by atoms with Crippen LogP contribution in [-0.2, 0) is 16.1 Å². The zero-order valence-corrected chi connectivity index (χ0v) is 12.8. The van der Waals surface area contributed by atoms with E-state index in [2.05, 4.69) is 10.6 Å². The number of anilines is 1. The summed E-state index contributed by atoms with van der Waals surface area (Å²) in [6, 6.07) is 7.84. The van der Waals surface area contributed by atoms with E-state index >= 15 is 0 Å². The topological polar surface area (TPSA) is 50.4 Å². The smallest absolute Gasteiger partial charge is 0.228 e. The Labute approximate surface area is 126 Å². The Morgan fingerprint density at radius 3 is 2.65 bits per heavy atom. The molecular formula is C15H23ClN2O2. The van der Waals surface area contributed by atoms with Crippen molar-refractivity contribution in [1.82, 2.24) is 5.32 Å². The average Bonchev–Trinajstić information content (AvgIpc) is 2.92. The van der Waals surface area contributed by atoms with Crippen molar-refractivity contribution in [2.24, 2.45) is 5.92 Å². The maximum Gasteiger partial charge on any atom is 0.228 e. The van der Waals surface area contributed by atoms with Crippen LogP contribution in [0.3, 0.4) is 0 Å². The fourth-order valence-electron chi connectivity index (χ4n) is 2.07. The molecule has 2 N–H and O–H groups in total. The molecule has 1 fully saturated rings. The van der Waals surface area contributed by atoms with Gasteiger partial charge in [-0.3, -0.25) is 4.79 Å². The molecule has 1 aromatic rings. The van der Waals surface area contributed by atoms with Crippen LogP contribution in [-0.4, -0.2) is 25.1 Å². The lowest BCUT2D eigenvalue weighted by atomic mass is 10.1. The second-order valence-corrected chi connectivity index (χ2v) is 5.24. The van der Waals surface area contributed by atoms with Crippen LogP contribution in [0, 0.1) is 5.92 Å². The molecule has 2 rings (SSSR count). The van der Waals surface area contributed by atoms with E-state index in [-0.39, 0.29) is 30.3 Å². The molecule has 1 aliphatic rings. The van der Waals surface area contributed by atoms with Crippen molar-refractivity contribution in [2.45, 2.75) is 33.0 Å². The Morgan fingerprint density at radius 2 is 2.10 bits per heavy atom. The summed E-state index contributed by atoms with van der Waals surface area (Å²) in [7, 11) is 0.